The Labute approximate surface area is 67.7 Å². The standard InChI is InChI=1S/C7H14O3S/c1-4-6(2)7(8)5-11(3,9)10/h6H,4-5H2,1-3H3. The van der Waals surface area contributed by atoms with E-state index in [9.17, 15) is 13.2 Å². The molecule has 4 heteroatoms. The lowest BCUT2D eigenvalue weighted by atomic mass is 10.1. The van der Waals surface area contributed by atoms with Gasteiger partial charge in [0.15, 0.2) is 15.6 Å². The third-order valence-corrected chi connectivity index (χ3v) is 2.38. The SMILES string of the molecule is CCC(C)C(=O)CS(C)(=O)=O. The fourth-order valence-electron chi connectivity index (χ4n) is 0.628. The van der Waals surface area contributed by atoms with Crippen LogP contribution in [0.15, 0.2) is 0 Å². The molecule has 0 aliphatic heterocycles. The van der Waals surface area contributed by atoms with Gasteiger partial charge in [0.25, 0.3) is 0 Å². The van der Waals surface area contributed by atoms with Crippen LogP contribution in [0.2, 0.25) is 0 Å². The van der Waals surface area contributed by atoms with Crippen LogP contribution < -0.4 is 0 Å². The molecule has 0 spiro atoms. The van der Waals surface area contributed by atoms with Crippen molar-refractivity contribution in [2.75, 3.05) is 12.0 Å². The van der Waals surface area contributed by atoms with Crippen LogP contribution in [-0.4, -0.2) is 26.2 Å². The minimum absolute atomic E-state index is 0.135. The number of ketones is 1. The quantitative estimate of drug-likeness (QED) is 0.635. The van der Waals surface area contributed by atoms with Gasteiger partial charge in [-0.1, -0.05) is 13.8 Å². The molecule has 66 valence electrons. The highest BCUT2D eigenvalue weighted by atomic mass is 32.2. The third kappa shape index (κ3) is 4.95. The van der Waals surface area contributed by atoms with E-state index in [4.69, 9.17) is 0 Å². The van der Waals surface area contributed by atoms with E-state index in [2.05, 4.69) is 0 Å². The van der Waals surface area contributed by atoms with Crippen molar-refractivity contribution < 1.29 is 13.2 Å². The Balaban J connectivity index is 4.10. The minimum Gasteiger partial charge on any atom is -0.298 e. The van der Waals surface area contributed by atoms with E-state index in [0.717, 1.165) is 6.26 Å². The molecule has 1 unspecified atom stereocenters. The minimum atomic E-state index is -3.13. The summed E-state index contributed by atoms with van der Waals surface area (Å²) in [5.74, 6) is -0.637. The lowest BCUT2D eigenvalue weighted by Crippen LogP contribution is -2.20. The van der Waals surface area contributed by atoms with Gasteiger partial charge in [0.1, 0.15) is 5.75 Å². The van der Waals surface area contributed by atoms with Gasteiger partial charge in [-0.15, -0.1) is 0 Å². The van der Waals surface area contributed by atoms with Crippen molar-refractivity contribution >= 4 is 15.6 Å². The van der Waals surface area contributed by atoms with E-state index in [1.807, 2.05) is 6.92 Å². The molecule has 11 heavy (non-hydrogen) atoms. The number of rotatable bonds is 4. The molecule has 0 fully saturated rings. The smallest absolute Gasteiger partial charge is 0.154 e. The van der Waals surface area contributed by atoms with Gasteiger partial charge in [-0.3, -0.25) is 4.79 Å². The highest BCUT2D eigenvalue weighted by molar-refractivity contribution is 7.91. The van der Waals surface area contributed by atoms with Crippen LogP contribution in [-0.2, 0) is 14.6 Å². The van der Waals surface area contributed by atoms with Gasteiger partial charge in [0, 0.05) is 12.2 Å². The normalized spacial score (nSPS) is 14.5. The highest BCUT2D eigenvalue weighted by Crippen LogP contribution is 2.03. The second-order valence-electron chi connectivity index (χ2n) is 2.85. The second kappa shape index (κ2) is 3.85. The number of hydrogen-bond donors (Lipinski definition) is 0. The molecule has 0 aliphatic carbocycles. The summed E-state index contributed by atoms with van der Waals surface area (Å²) < 4.78 is 21.3. The first kappa shape index (κ1) is 10.6. The molecule has 0 N–H and O–H groups in total. The summed E-state index contributed by atoms with van der Waals surface area (Å²) in [7, 11) is -3.13. The molecule has 0 aromatic heterocycles. The first-order valence-electron chi connectivity index (χ1n) is 3.57. The van der Waals surface area contributed by atoms with Gasteiger partial charge in [-0.2, -0.15) is 0 Å². The number of carbonyl (C=O) groups is 1. The van der Waals surface area contributed by atoms with Gasteiger partial charge in [-0.25, -0.2) is 8.42 Å². The van der Waals surface area contributed by atoms with Gasteiger partial charge < -0.3 is 0 Å². The molecule has 0 aromatic carbocycles. The second-order valence-corrected chi connectivity index (χ2v) is 4.99. The van der Waals surface area contributed by atoms with E-state index in [-0.39, 0.29) is 17.5 Å². The van der Waals surface area contributed by atoms with Crippen molar-refractivity contribution in [2.45, 2.75) is 20.3 Å². The molecule has 0 heterocycles. The summed E-state index contributed by atoms with van der Waals surface area (Å²) in [5.41, 5.74) is 0. The molecular weight excluding hydrogens is 164 g/mol. The van der Waals surface area contributed by atoms with Gasteiger partial charge >= 0.3 is 0 Å². The number of hydrogen-bond acceptors (Lipinski definition) is 3. The highest BCUT2D eigenvalue weighted by Gasteiger charge is 2.15. The van der Waals surface area contributed by atoms with E-state index in [1.165, 1.54) is 0 Å². The van der Waals surface area contributed by atoms with Crippen molar-refractivity contribution in [1.82, 2.24) is 0 Å². The average molecular weight is 178 g/mol. The summed E-state index contributed by atoms with van der Waals surface area (Å²) in [4.78, 5) is 11.0. The Hall–Kier alpha value is -0.380. The number of Topliss-reactive ketones (excluding diaryl/α,β-unsaturated/α-hetero) is 1. The molecular formula is C7H14O3S. The number of sulfone groups is 1. The van der Waals surface area contributed by atoms with E-state index >= 15 is 0 Å². The first-order chi connectivity index (χ1) is 4.87. The predicted octanol–water partition coefficient (Wildman–Crippen LogP) is 0.646. The Morgan fingerprint density at radius 2 is 1.91 bits per heavy atom. The van der Waals surface area contributed by atoms with Crippen molar-refractivity contribution in [2.24, 2.45) is 5.92 Å². The van der Waals surface area contributed by atoms with Gasteiger partial charge in [-0.05, 0) is 6.42 Å². The van der Waals surface area contributed by atoms with Crippen molar-refractivity contribution in [3.63, 3.8) is 0 Å². The van der Waals surface area contributed by atoms with Crippen LogP contribution in [0.1, 0.15) is 20.3 Å². The Kier molecular flexibility index (Phi) is 3.72. The molecule has 0 radical (unpaired) electrons. The summed E-state index contributed by atoms with van der Waals surface area (Å²) in [6.07, 6.45) is 1.78. The van der Waals surface area contributed by atoms with Crippen LogP contribution in [0.25, 0.3) is 0 Å². The predicted molar refractivity (Wildman–Crippen MR) is 44.2 cm³/mol. The third-order valence-electron chi connectivity index (χ3n) is 1.57. The van der Waals surface area contributed by atoms with E-state index in [0.29, 0.717) is 6.42 Å². The molecule has 0 bridgehead atoms. The van der Waals surface area contributed by atoms with Crippen LogP contribution in [0.5, 0.6) is 0 Å². The zero-order valence-electron chi connectivity index (χ0n) is 7.12. The fourth-order valence-corrected chi connectivity index (χ4v) is 1.43. The number of carbonyl (C=O) groups excluding carboxylic acids is 1. The van der Waals surface area contributed by atoms with Crippen LogP contribution in [0, 0.1) is 5.92 Å². The zero-order chi connectivity index (χ0) is 9.07. The van der Waals surface area contributed by atoms with Crippen LogP contribution in [0.3, 0.4) is 0 Å². The zero-order valence-corrected chi connectivity index (χ0v) is 7.94. The van der Waals surface area contributed by atoms with Crippen LogP contribution >= 0.6 is 0 Å². The lowest BCUT2D eigenvalue weighted by molar-refractivity contribution is -0.119. The Morgan fingerprint density at radius 3 is 2.18 bits per heavy atom. The molecule has 0 amide bonds. The maximum Gasteiger partial charge on any atom is 0.154 e. The van der Waals surface area contributed by atoms with Crippen LogP contribution in [0.4, 0.5) is 0 Å². The topological polar surface area (TPSA) is 51.2 Å². The maximum absolute atomic E-state index is 11.0. The summed E-state index contributed by atoms with van der Waals surface area (Å²) in [6.45, 7) is 3.61. The van der Waals surface area contributed by atoms with Crippen molar-refractivity contribution in [1.29, 1.82) is 0 Å². The molecule has 3 nitrogen and oxygen atoms in total. The molecule has 0 aromatic rings. The molecule has 0 rings (SSSR count). The van der Waals surface area contributed by atoms with E-state index in [1.54, 1.807) is 6.92 Å². The monoisotopic (exact) mass is 178 g/mol. The molecule has 0 aliphatic rings. The summed E-state index contributed by atoms with van der Waals surface area (Å²) >= 11 is 0. The molecule has 0 saturated carbocycles. The maximum atomic E-state index is 11.0. The van der Waals surface area contributed by atoms with Crippen molar-refractivity contribution in [3.8, 4) is 0 Å². The Morgan fingerprint density at radius 1 is 1.45 bits per heavy atom. The summed E-state index contributed by atoms with van der Waals surface area (Å²) in [5, 5.41) is 0. The lowest BCUT2D eigenvalue weighted by Gasteiger charge is -2.04. The van der Waals surface area contributed by atoms with Crippen molar-refractivity contribution in [3.05, 3.63) is 0 Å². The Bertz CT molecular complexity index is 228. The first-order valence-corrected chi connectivity index (χ1v) is 5.63. The van der Waals surface area contributed by atoms with E-state index < -0.39 is 9.84 Å². The largest absolute Gasteiger partial charge is 0.298 e. The average Bonchev–Trinajstić information content (AvgIpc) is 1.82. The fraction of sp³-hybridized carbons (Fsp3) is 0.857. The molecule has 1 atom stereocenters. The van der Waals surface area contributed by atoms with Gasteiger partial charge in [0.2, 0.25) is 0 Å². The van der Waals surface area contributed by atoms with Gasteiger partial charge in [0.05, 0.1) is 0 Å². The molecule has 0 saturated heterocycles. The summed E-state index contributed by atoms with van der Waals surface area (Å²) in [6, 6.07) is 0.